The summed E-state index contributed by atoms with van der Waals surface area (Å²) in [4.78, 5) is 37.9. The fourth-order valence-electron chi connectivity index (χ4n) is 4.95. The van der Waals surface area contributed by atoms with E-state index in [0.717, 1.165) is 5.56 Å². The van der Waals surface area contributed by atoms with Crippen molar-refractivity contribution in [1.29, 1.82) is 0 Å². The van der Waals surface area contributed by atoms with Gasteiger partial charge >= 0.3 is 0 Å². The average Bonchev–Trinajstić information content (AvgIpc) is 2.93. The maximum absolute atomic E-state index is 13.4. The third-order valence-electron chi connectivity index (χ3n) is 7.18. The number of hydrogen-bond donors (Lipinski definition) is 1. The summed E-state index contributed by atoms with van der Waals surface area (Å²) < 4.78 is 28.3. The Bertz CT molecular complexity index is 1490. The predicted octanol–water partition coefficient (Wildman–Crippen LogP) is 3.54. The smallest absolute Gasteiger partial charge is 0.272 e. The highest BCUT2D eigenvalue weighted by molar-refractivity contribution is 7.93. The first kappa shape index (κ1) is 25.6. The minimum Gasteiger partial charge on any atom is -0.335 e. The van der Waals surface area contributed by atoms with Crippen molar-refractivity contribution < 1.29 is 18.0 Å². The highest BCUT2D eigenvalue weighted by Crippen LogP contribution is 2.39. The van der Waals surface area contributed by atoms with Crippen molar-refractivity contribution in [3.05, 3.63) is 95.6 Å². The number of amides is 2. The molecule has 196 valence electrons. The van der Waals surface area contributed by atoms with E-state index in [1.54, 1.807) is 77.6 Å². The molecule has 1 aliphatic heterocycles. The van der Waals surface area contributed by atoms with Crippen molar-refractivity contribution in [2.75, 3.05) is 24.4 Å². The van der Waals surface area contributed by atoms with Crippen LogP contribution in [0.5, 0.6) is 0 Å². The van der Waals surface area contributed by atoms with E-state index in [4.69, 9.17) is 0 Å². The van der Waals surface area contributed by atoms with Crippen molar-refractivity contribution in [3.8, 4) is 0 Å². The molecule has 2 aromatic heterocycles. The third kappa shape index (κ3) is 4.67. The lowest BCUT2D eigenvalue weighted by atomic mass is 9.92. The minimum atomic E-state index is -3.85. The highest BCUT2D eigenvalue weighted by atomic mass is 32.2. The minimum absolute atomic E-state index is 0.151. The number of hydrogen-bond acceptors (Lipinski definition) is 6. The topological polar surface area (TPSA) is 113 Å². The fraction of sp³-hybridized carbons (Fsp3) is 0.286. The second-order valence-corrected chi connectivity index (χ2v) is 11.9. The molecule has 1 N–H and O–H groups in total. The molecule has 3 heterocycles. The number of allylic oxidation sites excluding steroid dienone is 1. The van der Waals surface area contributed by atoms with Crippen LogP contribution in [0.15, 0.2) is 73.1 Å². The van der Waals surface area contributed by atoms with Crippen LogP contribution < -0.4 is 4.72 Å². The number of rotatable bonds is 5. The number of anilines is 1. The normalized spacial score (nSPS) is 21.1. The molecule has 2 amide bonds. The van der Waals surface area contributed by atoms with Gasteiger partial charge < -0.3 is 9.80 Å². The second kappa shape index (κ2) is 10.0. The number of fused-ring (bicyclic) bond motifs is 1. The molecule has 0 bridgehead atoms. The molecule has 1 saturated heterocycles. The van der Waals surface area contributed by atoms with Crippen LogP contribution in [-0.2, 0) is 14.8 Å². The Morgan fingerprint density at radius 2 is 1.74 bits per heavy atom. The van der Waals surface area contributed by atoms with E-state index < -0.39 is 14.8 Å². The van der Waals surface area contributed by atoms with Gasteiger partial charge in [-0.1, -0.05) is 24.3 Å². The molecule has 1 aromatic carbocycles. The van der Waals surface area contributed by atoms with Crippen molar-refractivity contribution in [3.63, 3.8) is 0 Å². The SMILES string of the molecule is C[C@@H]1CN(C(=O)c2ccc(NS(=O)(=O)C3(C)CC=Cc4cccnc43)cc2)CCN1C(=O)c1ccccn1. The molecule has 38 heavy (non-hydrogen) atoms. The number of nitrogens with zero attached hydrogens (tertiary/aromatic N) is 4. The molecule has 1 unspecified atom stereocenters. The largest absolute Gasteiger partial charge is 0.335 e. The van der Waals surface area contributed by atoms with Crippen molar-refractivity contribution >= 4 is 33.6 Å². The first-order valence-corrected chi connectivity index (χ1v) is 13.9. The van der Waals surface area contributed by atoms with Gasteiger partial charge in [-0.2, -0.15) is 0 Å². The first-order chi connectivity index (χ1) is 18.2. The zero-order valence-corrected chi connectivity index (χ0v) is 22.1. The van der Waals surface area contributed by atoms with Crippen molar-refractivity contribution in [2.45, 2.75) is 31.1 Å². The van der Waals surface area contributed by atoms with Crippen LogP contribution in [0.25, 0.3) is 6.08 Å². The Hall–Kier alpha value is -4.05. The molecule has 5 rings (SSSR count). The number of carbonyl (C=O) groups excluding carboxylic acids is 2. The molecular weight excluding hydrogens is 502 g/mol. The summed E-state index contributed by atoms with van der Waals surface area (Å²) in [5.74, 6) is -0.319. The first-order valence-electron chi connectivity index (χ1n) is 12.5. The van der Waals surface area contributed by atoms with E-state index in [1.807, 2.05) is 25.1 Å². The van der Waals surface area contributed by atoms with E-state index in [9.17, 15) is 18.0 Å². The van der Waals surface area contributed by atoms with Gasteiger partial charge in [0.2, 0.25) is 10.0 Å². The van der Waals surface area contributed by atoms with Crippen LogP contribution in [0.4, 0.5) is 5.69 Å². The lowest BCUT2D eigenvalue weighted by Crippen LogP contribution is -2.55. The van der Waals surface area contributed by atoms with E-state index in [0.29, 0.717) is 48.7 Å². The van der Waals surface area contributed by atoms with Gasteiger partial charge in [0.1, 0.15) is 10.4 Å². The van der Waals surface area contributed by atoms with Gasteiger partial charge in [-0.25, -0.2) is 8.42 Å². The molecule has 10 heteroatoms. The van der Waals surface area contributed by atoms with Crippen LogP contribution in [0.2, 0.25) is 0 Å². The molecular formula is C28H29N5O4S. The summed E-state index contributed by atoms with van der Waals surface area (Å²) in [7, 11) is -3.85. The maximum atomic E-state index is 13.4. The van der Waals surface area contributed by atoms with Crippen LogP contribution in [0.3, 0.4) is 0 Å². The number of nitrogens with one attached hydrogen (secondary N) is 1. The molecule has 3 aromatic rings. The summed E-state index contributed by atoms with van der Waals surface area (Å²) in [6.07, 6.45) is 7.21. The number of aromatic nitrogens is 2. The lowest BCUT2D eigenvalue weighted by molar-refractivity contribution is 0.0411. The van der Waals surface area contributed by atoms with Gasteiger partial charge in [0.15, 0.2) is 0 Å². The number of carbonyl (C=O) groups is 2. The highest BCUT2D eigenvalue weighted by Gasteiger charge is 2.44. The Morgan fingerprint density at radius 3 is 2.45 bits per heavy atom. The summed E-state index contributed by atoms with van der Waals surface area (Å²) in [5, 5.41) is 0. The van der Waals surface area contributed by atoms with Gasteiger partial charge in [0.05, 0.1) is 5.69 Å². The van der Waals surface area contributed by atoms with Gasteiger partial charge in [-0.3, -0.25) is 24.3 Å². The number of piperazine rings is 1. The standard InChI is InChI=1S/C28H29N5O4S/c1-20-19-32(17-18-33(20)27(35)24-9-3-4-15-29-24)26(34)22-10-12-23(13-11-22)31-38(36,37)28(2)14-5-7-21-8-6-16-30-25(21)28/h3-13,15-16,20,31H,14,17-19H2,1-2H3/t20-,28?/m1/s1. The fourth-order valence-corrected chi connectivity index (χ4v) is 6.36. The van der Waals surface area contributed by atoms with E-state index in [-0.39, 0.29) is 17.9 Å². The molecule has 0 spiro atoms. The van der Waals surface area contributed by atoms with Crippen LogP contribution in [-0.4, -0.2) is 65.7 Å². The average molecular weight is 532 g/mol. The molecule has 2 aliphatic rings. The number of benzene rings is 1. The van der Waals surface area contributed by atoms with E-state index in [2.05, 4.69) is 14.7 Å². The predicted molar refractivity (Wildman–Crippen MR) is 145 cm³/mol. The molecule has 9 nitrogen and oxygen atoms in total. The molecule has 1 fully saturated rings. The maximum Gasteiger partial charge on any atom is 0.272 e. The molecule has 0 radical (unpaired) electrons. The zero-order chi connectivity index (χ0) is 26.9. The quantitative estimate of drug-likeness (QED) is 0.539. The molecule has 2 atom stereocenters. The Balaban J connectivity index is 1.25. The van der Waals surface area contributed by atoms with Crippen molar-refractivity contribution in [1.82, 2.24) is 19.8 Å². The monoisotopic (exact) mass is 531 g/mol. The van der Waals surface area contributed by atoms with E-state index in [1.165, 1.54) is 0 Å². The lowest BCUT2D eigenvalue weighted by Gasteiger charge is -2.39. The second-order valence-electron chi connectivity index (χ2n) is 9.78. The van der Waals surface area contributed by atoms with Crippen molar-refractivity contribution in [2.24, 2.45) is 0 Å². The van der Waals surface area contributed by atoms with E-state index >= 15 is 0 Å². The summed E-state index contributed by atoms with van der Waals surface area (Å²) in [6, 6.07) is 15.1. The summed E-state index contributed by atoms with van der Waals surface area (Å²) >= 11 is 0. The number of sulfonamides is 1. The number of pyridine rings is 2. The van der Waals surface area contributed by atoms with Crippen LogP contribution in [0.1, 0.15) is 52.4 Å². The summed E-state index contributed by atoms with van der Waals surface area (Å²) in [6.45, 7) is 4.77. The Kier molecular flexibility index (Phi) is 6.75. The Morgan fingerprint density at radius 1 is 0.974 bits per heavy atom. The molecule has 1 aliphatic carbocycles. The van der Waals surface area contributed by atoms with Crippen LogP contribution >= 0.6 is 0 Å². The zero-order valence-electron chi connectivity index (χ0n) is 21.2. The van der Waals surface area contributed by atoms with Gasteiger partial charge in [0.25, 0.3) is 11.8 Å². The summed E-state index contributed by atoms with van der Waals surface area (Å²) in [5.41, 5.74) is 2.49. The van der Waals surface area contributed by atoms with Gasteiger partial charge in [-0.05, 0) is 68.3 Å². The third-order valence-corrected chi connectivity index (χ3v) is 9.23. The molecule has 0 saturated carbocycles. The van der Waals surface area contributed by atoms with Crippen LogP contribution in [0, 0.1) is 0 Å². The van der Waals surface area contributed by atoms with Gasteiger partial charge in [0, 0.05) is 49.3 Å². The van der Waals surface area contributed by atoms with Gasteiger partial charge in [-0.15, -0.1) is 0 Å². The Labute approximate surface area is 222 Å².